The highest BCUT2D eigenvalue weighted by Gasteiger charge is 2.27. The largest absolute Gasteiger partial charge is 0.484 e. The Bertz CT molecular complexity index is 1620. The lowest BCUT2D eigenvalue weighted by Crippen LogP contribution is -2.54. The maximum atomic E-state index is 15.0. The van der Waals surface area contributed by atoms with Crippen LogP contribution in [0.2, 0.25) is 0 Å². The van der Waals surface area contributed by atoms with Crippen molar-refractivity contribution in [3.05, 3.63) is 125 Å². The van der Waals surface area contributed by atoms with Gasteiger partial charge in [0.2, 0.25) is 5.91 Å². The Labute approximate surface area is 264 Å². The van der Waals surface area contributed by atoms with Crippen LogP contribution in [0.3, 0.4) is 0 Å². The summed E-state index contributed by atoms with van der Waals surface area (Å²) in [6.07, 6.45) is 3.53. The van der Waals surface area contributed by atoms with Gasteiger partial charge in [-0.05, 0) is 66.8 Å². The smallest absolute Gasteiger partial charge is 0.260 e. The van der Waals surface area contributed by atoms with Crippen molar-refractivity contribution in [2.24, 2.45) is 0 Å². The van der Waals surface area contributed by atoms with Gasteiger partial charge < -0.3 is 20.3 Å². The van der Waals surface area contributed by atoms with Crippen molar-refractivity contribution in [3.8, 4) is 5.75 Å². The number of pyridine rings is 1. The van der Waals surface area contributed by atoms with Gasteiger partial charge in [0.05, 0.1) is 18.1 Å². The number of hydrogen-bond donors (Lipinski definition) is 2. The summed E-state index contributed by atoms with van der Waals surface area (Å²) >= 11 is 0. The molecule has 5 rings (SSSR count). The van der Waals surface area contributed by atoms with Gasteiger partial charge in [0.1, 0.15) is 29.0 Å². The fraction of sp³-hybridized carbons (Fsp3) is 0.286. The van der Waals surface area contributed by atoms with Gasteiger partial charge in [-0.3, -0.25) is 14.6 Å². The Balaban J connectivity index is 1.24. The molecule has 1 saturated heterocycles. The van der Waals surface area contributed by atoms with Crippen molar-refractivity contribution in [3.63, 3.8) is 0 Å². The minimum atomic E-state index is -0.809. The molecule has 0 saturated carbocycles. The van der Waals surface area contributed by atoms with E-state index in [9.17, 15) is 22.8 Å². The second kappa shape index (κ2) is 15.5. The van der Waals surface area contributed by atoms with Crippen LogP contribution in [0, 0.1) is 23.3 Å². The highest BCUT2D eigenvalue weighted by atomic mass is 19.1. The molecule has 2 amide bonds. The van der Waals surface area contributed by atoms with Gasteiger partial charge in [0, 0.05) is 49.6 Å². The maximum absolute atomic E-state index is 15.0. The molecule has 240 valence electrons. The van der Waals surface area contributed by atoms with Crippen molar-refractivity contribution in [2.75, 3.05) is 31.6 Å². The van der Waals surface area contributed by atoms with Gasteiger partial charge in [0.25, 0.3) is 5.91 Å². The number of nitrogens with one attached hydrogen (secondary N) is 2. The summed E-state index contributed by atoms with van der Waals surface area (Å²) in [5.74, 6) is -3.57. The fourth-order valence-corrected chi connectivity index (χ4v) is 5.72. The zero-order valence-electron chi connectivity index (χ0n) is 25.0. The standard InChI is InChI=1S/C35H34F4N4O3/c36-25-11-9-23(10-12-25)31(24-15-26(37)17-27(38)16-24)18-34(44)42-33-21-41-20-32(39)30(33)8-4-5-28-19-40-13-14-43(28)35(45)22-46-29-6-2-1-3-7-29/h1-3,6-7,9-12,15-17,20-21,28,31,40H,4-5,8,13-14,18-19,22H2,(H,42,44)/t28-,31-/m0/s1. The van der Waals surface area contributed by atoms with Crippen LogP contribution in [0.15, 0.2) is 85.2 Å². The molecule has 2 N–H and O–H groups in total. The van der Waals surface area contributed by atoms with Crippen LogP contribution in [0.4, 0.5) is 23.2 Å². The molecule has 1 aliphatic heterocycles. The van der Waals surface area contributed by atoms with Crippen LogP contribution in [-0.4, -0.2) is 54.0 Å². The number of piperazine rings is 1. The number of hydrogen-bond acceptors (Lipinski definition) is 5. The van der Waals surface area contributed by atoms with Crippen LogP contribution in [0.1, 0.15) is 41.9 Å². The lowest BCUT2D eigenvalue weighted by atomic mass is 9.88. The minimum Gasteiger partial charge on any atom is -0.484 e. The number of anilines is 1. The van der Waals surface area contributed by atoms with Crippen LogP contribution in [-0.2, 0) is 16.0 Å². The van der Waals surface area contributed by atoms with E-state index in [0.717, 1.165) is 24.4 Å². The predicted octanol–water partition coefficient (Wildman–Crippen LogP) is 6.00. The van der Waals surface area contributed by atoms with Crippen molar-refractivity contribution in [1.82, 2.24) is 15.2 Å². The van der Waals surface area contributed by atoms with E-state index in [1.165, 1.54) is 30.5 Å². The first-order valence-corrected chi connectivity index (χ1v) is 15.1. The molecule has 46 heavy (non-hydrogen) atoms. The van der Waals surface area contributed by atoms with E-state index in [-0.39, 0.29) is 48.2 Å². The summed E-state index contributed by atoms with van der Waals surface area (Å²) in [5, 5.41) is 6.02. The number of amides is 2. The molecular formula is C35H34F4N4O3. The molecule has 1 aliphatic rings. The summed E-state index contributed by atoms with van der Waals surface area (Å²) in [6, 6.07) is 17.3. The zero-order chi connectivity index (χ0) is 32.5. The summed E-state index contributed by atoms with van der Waals surface area (Å²) in [7, 11) is 0. The summed E-state index contributed by atoms with van der Waals surface area (Å²) < 4.78 is 62.5. The van der Waals surface area contributed by atoms with Gasteiger partial charge in [0.15, 0.2) is 6.61 Å². The normalized spacial score (nSPS) is 15.3. The van der Waals surface area contributed by atoms with E-state index in [4.69, 9.17) is 4.74 Å². The number of carbonyl (C=O) groups excluding carboxylic acids is 2. The third-order valence-corrected chi connectivity index (χ3v) is 7.97. The molecule has 11 heteroatoms. The molecule has 2 atom stereocenters. The molecule has 0 radical (unpaired) electrons. The van der Waals surface area contributed by atoms with E-state index in [1.807, 2.05) is 18.2 Å². The summed E-state index contributed by atoms with van der Waals surface area (Å²) in [5.41, 5.74) is 1.12. The number of aromatic nitrogens is 1. The molecule has 0 unspecified atom stereocenters. The second-order valence-corrected chi connectivity index (χ2v) is 11.1. The van der Waals surface area contributed by atoms with Crippen molar-refractivity contribution < 1.29 is 31.9 Å². The molecule has 0 aliphatic carbocycles. The Morgan fingerprint density at radius 3 is 2.41 bits per heavy atom. The minimum absolute atomic E-state index is 0.0865. The molecule has 4 aromatic rings. The maximum Gasteiger partial charge on any atom is 0.260 e. The number of carbonyl (C=O) groups is 2. The molecule has 1 fully saturated rings. The predicted molar refractivity (Wildman–Crippen MR) is 165 cm³/mol. The molecule has 3 aromatic carbocycles. The van der Waals surface area contributed by atoms with Gasteiger partial charge in [-0.2, -0.15) is 0 Å². The monoisotopic (exact) mass is 634 g/mol. The van der Waals surface area contributed by atoms with Crippen molar-refractivity contribution in [1.29, 1.82) is 0 Å². The number of rotatable bonds is 12. The number of halogens is 4. The lowest BCUT2D eigenvalue weighted by Gasteiger charge is -2.36. The Kier molecular flexibility index (Phi) is 11.0. The molecule has 2 heterocycles. The van der Waals surface area contributed by atoms with E-state index in [1.54, 1.807) is 17.0 Å². The topological polar surface area (TPSA) is 83.6 Å². The molecular weight excluding hydrogens is 600 g/mol. The van der Waals surface area contributed by atoms with Gasteiger partial charge in [-0.15, -0.1) is 0 Å². The van der Waals surface area contributed by atoms with Gasteiger partial charge in [-0.1, -0.05) is 30.3 Å². The summed E-state index contributed by atoms with van der Waals surface area (Å²) in [4.78, 5) is 32.0. The molecule has 7 nitrogen and oxygen atoms in total. The van der Waals surface area contributed by atoms with E-state index < -0.39 is 35.1 Å². The third kappa shape index (κ3) is 8.69. The average molecular weight is 635 g/mol. The molecule has 0 bridgehead atoms. The quantitative estimate of drug-likeness (QED) is 0.187. The van der Waals surface area contributed by atoms with Crippen LogP contribution >= 0.6 is 0 Å². The van der Waals surface area contributed by atoms with Crippen LogP contribution < -0.4 is 15.4 Å². The first kappa shape index (κ1) is 32.6. The fourth-order valence-electron chi connectivity index (χ4n) is 5.72. The first-order valence-electron chi connectivity index (χ1n) is 15.1. The number of nitrogens with zero attached hydrogens (tertiary/aromatic N) is 2. The summed E-state index contributed by atoms with van der Waals surface area (Å²) in [6.45, 7) is 1.68. The Morgan fingerprint density at radius 1 is 0.935 bits per heavy atom. The highest BCUT2D eigenvalue weighted by molar-refractivity contribution is 5.92. The number of para-hydroxylation sites is 1. The van der Waals surface area contributed by atoms with Crippen molar-refractivity contribution >= 4 is 17.5 Å². The van der Waals surface area contributed by atoms with Crippen LogP contribution in [0.5, 0.6) is 5.75 Å². The second-order valence-electron chi connectivity index (χ2n) is 11.1. The molecule has 0 spiro atoms. The van der Waals surface area contributed by atoms with Crippen molar-refractivity contribution in [2.45, 2.75) is 37.6 Å². The number of benzene rings is 3. The van der Waals surface area contributed by atoms with E-state index >= 15 is 4.39 Å². The first-order chi connectivity index (χ1) is 22.3. The van der Waals surface area contributed by atoms with Crippen LogP contribution in [0.25, 0.3) is 0 Å². The highest BCUT2D eigenvalue weighted by Crippen LogP contribution is 2.31. The Hall–Kier alpha value is -4.77. The van der Waals surface area contributed by atoms with E-state index in [0.29, 0.717) is 43.8 Å². The average Bonchev–Trinajstić information content (AvgIpc) is 3.04. The van der Waals surface area contributed by atoms with E-state index in [2.05, 4.69) is 15.6 Å². The van der Waals surface area contributed by atoms with Gasteiger partial charge >= 0.3 is 0 Å². The number of ether oxygens (including phenoxy) is 1. The third-order valence-electron chi connectivity index (χ3n) is 7.97. The van der Waals surface area contributed by atoms with Gasteiger partial charge in [-0.25, -0.2) is 17.6 Å². The zero-order valence-corrected chi connectivity index (χ0v) is 25.0. The SMILES string of the molecule is O=C(C[C@@H](c1ccc(F)cc1)c1cc(F)cc(F)c1)Nc1cncc(F)c1CCC[C@H]1CNCCN1C(=O)COc1ccccc1. The Morgan fingerprint density at radius 2 is 1.67 bits per heavy atom. The lowest BCUT2D eigenvalue weighted by molar-refractivity contribution is -0.136. The molecule has 1 aromatic heterocycles.